The van der Waals surface area contributed by atoms with E-state index in [0.717, 1.165) is 10.9 Å². The Bertz CT molecular complexity index is 1180. The number of rotatable bonds is 9. The number of hydrogen-bond acceptors (Lipinski definition) is 15. The molecule has 1 aliphatic rings. The Morgan fingerprint density at radius 3 is 2.61 bits per heavy atom. The van der Waals surface area contributed by atoms with Gasteiger partial charge in [0, 0.05) is 4.57 Å². The minimum atomic E-state index is -5.40. The second-order valence-electron chi connectivity index (χ2n) is 6.05. The van der Waals surface area contributed by atoms with Crippen molar-refractivity contribution in [3.8, 4) is 0 Å². The fraction of sp³-hybridized carbons (Fsp3) is 0.500. The van der Waals surface area contributed by atoms with E-state index in [1.165, 1.54) is 0 Å². The first-order valence-corrected chi connectivity index (χ1v) is 12.2. The van der Waals surface area contributed by atoms with E-state index in [9.17, 15) is 28.7 Å². The van der Waals surface area contributed by atoms with Gasteiger partial charge in [-0.2, -0.15) is 13.9 Å². The molecule has 0 amide bonds. The summed E-state index contributed by atoms with van der Waals surface area (Å²) in [6, 6.07) is 0. The van der Waals surface area contributed by atoms with E-state index >= 15 is 0 Å². The predicted octanol–water partition coefficient (Wildman–Crippen LogP) is -4.76. The maximum Gasteiger partial charge on any atom is 1.00 e. The zero-order valence-electron chi connectivity index (χ0n) is 17.4. The zero-order valence-corrected chi connectivity index (χ0v) is 21.1. The number of imidazole rings is 1. The number of aliphatic hydroxyl groups is 2. The molecule has 0 saturated carbocycles. The minimum absolute atomic E-state index is 0. The topological polar surface area (TPSA) is 294 Å². The molecule has 1 aliphatic heterocycles. The van der Waals surface area contributed by atoms with E-state index < -0.39 is 60.6 Å². The zero-order chi connectivity index (χ0) is 23.8. The van der Waals surface area contributed by atoms with Gasteiger partial charge in [0.1, 0.15) is 24.9 Å². The molecule has 1 fully saturated rings. The van der Waals surface area contributed by atoms with Gasteiger partial charge in [-0.25, -0.2) is 20.0 Å². The first-order chi connectivity index (χ1) is 14.8. The number of H-pyrrole nitrogens is 1. The molecule has 33 heavy (non-hydrogen) atoms. The number of fused-ring (bicyclic) bond motifs is 1. The van der Waals surface area contributed by atoms with Crippen LogP contribution in [0.5, 0.6) is 0 Å². The van der Waals surface area contributed by atoms with Crippen LogP contribution >= 0.6 is 23.9 Å². The van der Waals surface area contributed by atoms with Crippen molar-refractivity contribution in [3.05, 3.63) is 16.7 Å². The molecule has 0 aromatic carbocycles. The molecule has 180 valence electrons. The molecule has 0 radical (unpaired) electrons. The molecular formula is C10H17N6NaO13P3+. The number of ether oxygens (including phenoxy) is 1. The van der Waals surface area contributed by atoms with Crippen molar-refractivity contribution in [3.63, 3.8) is 0 Å². The van der Waals surface area contributed by atoms with Crippen LogP contribution in [0, 0.1) is 0 Å². The largest absolute Gasteiger partial charge is 1.00 e. The number of nitrogen functional groups attached to an aromatic ring is 1. The molecule has 0 aliphatic carbocycles. The third-order valence-electron chi connectivity index (χ3n) is 3.91. The molecule has 3 heterocycles. The molecule has 2 aromatic rings. The third kappa shape index (κ3) is 6.71. The second kappa shape index (κ2) is 10.9. The summed E-state index contributed by atoms with van der Waals surface area (Å²) < 4.78 is 57.1. The van der Waals surface area contributed by atoms with Crippen LogP contribution in [-0.2, 0) is 36.2 Å². The van der Waals surface area contributed by atoms with Crippen LogP contribution < -0.4 is 46.7 Å². The van der Waals surface area contributed by atoms with Gasteiger partial charge in [0.2, 0.25) is 5.95 Å². The molecule has 0 spiro atoms. The summed E-state index contributed by atoms with van der Waals surface area (Å²) in [4.78, 5) is 39.1. The fourth-order valence-corrected chi connectivity index (χ4v) is 5.50. The van der Waals surface area contributed by atoms with Crippen molar-refractivity contribution >= 4 is 41.0 Å². The summed E-state index contributed by atoms with van der Waals surface area (Å²) >= 11 is 0. The van der Waals surface area contributed by atoms with Gasteiger partial charge >= 0.3 is 53.5 Å². The molecule has 3 rings (SSSR count). The maximum absolute atomic E-state index is 11.9. The molecule has 6 atom stereocenters. The summed E-state index contributed by atoms with van der Waals surface area (Å²) in [6.45, 7) is -0.743. The summed E-state index contributed by atoms with van der Waals surface area (Å²) in [5.74, 6) is 4.33. The Labute approximate surface area is 206 Å². The molecule has 2 unspecified atom stereocenters. The van der Waals surface area contributed by atoms with E-state index in [0.29, 0.717) is 0 Å². The number of phosphoric acid groups is 2. The number of aromatic nitrogens is 4. The van der Waals surface area contributed by atoms with Crippen molar-refractivity contribution in [1.82, 2.24) is 19.5 Å². The number of nitrogens with two attached hydrogens (primary N) is 2. The summed E-state index contributed by atoms with van der Waals surface area (Å²) in [5.41, 5.74) is 4.66. The monoisotopic (exact) mass is 545 g/mol. The van der Waals surface area contributed by atoms with Crippen LogP contribution in [0.3, 0.4) is 0 Å². The van der Waals surface area contributed by atoms with Gasteiger partial charge in [-0.05, 0) is 4.31 Å². The van der Waals surface area contributed by atoms with Crippen LogP contribution in [0.4, 0.5) is 5.95 Å². The Morgan fingerprint density at radius 1 is 1.33 bits per heavy atom. The fourth-order valence-electron chi connectivity index (χ4n) is 2.65. The molecular weight excluding hydrogens is 528 g/mol. The van der Waals surface area contributed by atoms with Gasteiger partial charge in [-0.1, -0.05) is 0 Å². The van der Waals surface area contributed by atoms with Gasteiger partial charge in [-0.15, -0.1) is 4.52 Å². The standard InChI is InChI=1S/C10H15N6O13P3.Na.H/c11-10-14-7-4(8(19)15-10)13-2-16(7)9-6(18)5(17)3(26-9)1-25-30(20)28-32(24,27-12)29-31(21,22)23;;/h2-3,5-6,9,17-18H,1,12H2,(H4-,11,14,15,19,21,22,23);;/q;+1;-1/p+1/t3-,5-,6-,9-,32?;;/m1../s1. The number of hydrogen-bond donors (Lipinski definition) is 7. The van der Waals surface area contributed by atoms with Crippen LogP contribution in [-0.4, -0.2) is 64.4 Å². The van der Waals surface area contributed by atoms with Crippen LogP contribution in [0.25, 0.3) is 11.2 Å². The molecule has 9 N–H and O–H groups in total. The average Bonchev–Trinajstić information content (AvgIpc) is 3.20. The van der Waals surface area contributed by atoms with Gasteiger partial charge < -0.3 is 31.9 Å². The molecule has 23 heteroatoms. The van der Waals surface area contributed by atoms with Gasteiger partial charge in [0.05, 0.1) is 6.33 Å². The third-order valence-corrected chi connectivity index (χ3v) is 7.51. The second-order valence-corrected chi connectivity index (χ2v) is 10.1. The Hall–Kier alpha value is -0.690. The maximum atomic E-state index is 11.9. The average molecular weight is 545 g/mol. The summed E-state index contributed by atoms with van der Waals surface area (Å²) in [5, 5.41) is 20.5. The van der Waals surface area contributed by atoms with Crippen molar-refractivity contribution in [1.29, 1.82) is 0 Å². The van der Waals surface area contributed by atoms with E-state index in [1.54, 1.807) is 0 Å². The Balaban J connectivity index is 0.00000289. The smallest absolute Gasteiger partial charge is 1.00 e. The van der Waals surface area contributed by atoms with Crippen molar-refractivity contribution in [2.75, 3.05) is 12.3 Å². The van der Waals surface area contributed by atoms with E-state index in [-0.39, 0.29) is 48.1 Å². The first-order valence-electron chi connectivity index (χ1n) is 8.13. The number of nitrogens with one attached hydrogen (secondary N) is 1. The number of nitrogens with zero attached hydrogens (tertiary/aromatic N) is 3. The van der Waals surface area contributed by atoms with Gasteiger partial charge in [0.15, 0.2) is 17.4 Å². The van der Waals surface area contributed by atoms with Crippen molar-refractivity contribution in [2.45, 2.75) is 24.5 Å². The van der Waals surface area contributed by atoms with Crippen LogP contribution in [0.2, 0.25) is 0 Å². The predicted molar refractivity (Wildman–Crippen MR) is 100 cm³/mol. The Kier molecular flexibility index (Phi) is 9.45. The first kappa shape index (κ1) is 28.5. The van der Waals surface area contributed by atoms with E-state index in [2.05, 4.69) is 38.6 Å². The van der Waals surface area contributed by atoms with Gasteiger partial charge in [-0.3, -0.25) is 14.3 Å². The number of anilines is 1. The molecule has 2 aromatic heterocycles. The van der Waals surface area contributed by atoms with Crippen molar-refractivity contribution < 1.29 is 87.2 Å². The SMILES string of the molecule is NOP(=O)(O[P+](=O)OC[C@H]1O[C@@H](n2cnc3c(=O)[nH]c(N)nc32)[C@H](O)[C@@H]1O)OP(=O)(O)O.[H-].[Na+]. The minimum Gasteiger partial charge on any atom is -1.00 e. The van der Waals surface area contributed by atoms with Crippen molar-refractivity contribution in [2.24, 2.45) is 5.90 Å². The van der Waals surface area contributed by atoms with Gasteiger partial charge in [0.25, 0.3) is 5.56 Å². The van der Waals surface area contributed by atoms with E-state index in [4.69, 9.17) is 20.3 Å². The molecule has 0 bridgehead atoms. The summed E-state index contributed by atoms with van der Waals surface area (Å²) in [7, 11) is -14.0. The number of aliphatic hydroxyl groups excluding tert-OH is 2. The van der Waals surface area contributed by atoms with Crippen LogP contribution in [0.15, 0.2) is 11.1 Å². The molecule has 1 saturated heterocycles. The van der Waals surface area contributed by atoms with Crippen LogP contribution in [0.1, 0.15) is 7.65 Å². The normalized spacial score (nSPS) is 25.5. The quantitative estimate of drug-likeness (QED) is 0.0884. The molecule has 19 nitrogen and oxygen atoms in total. The number of aromatic amines is 1. The summed E-state index contributed by atoms with van der Waals surface area (Å²) in [6.07, 6.45) is -4.79. The Morgan fingerprint density at radius 2 is 2.00 bits per heavy atom. The van der Waals surface area contributed by atoms with E-state index in [1.807, 2.05) is 0 Å².